The van der Waals surface area contributed by atoms with Gasteiger partial charge in [0.1, 0.15) is 0 Å². The van der Waals surface area contributed by atoms with E-state index in [1.807, 2.05) is 6.92 Å². The monoisotopic (exact) mass is 233 g/mol. The van der Waals surface area contributed by atoms with Crippen LogP contribution in [-0.2, 0) is 15.5 Å². The molecule has 3 unspecified atom stereocenters. The van der Waals surface area contributed by atoms with Crippen LogP contribution in [0.5, 0.6) is 0 Å². The van der Waals surface area contributed by atoms with Crippen molar-refractivity contribution >= 4 is 10.8 Å². The van der Waals surface area contributed by atoms with E-state index in [1.54, 1.807) is 6.26 Å². The van der Waals surface area contributed by atoms with Crippen molar-refractivity contribution in [2.24, 2.45) is 0 Å². The van der Waals surface area contributed by atoms with Crippen molar-refractivity contribution in [1.82, 2.24) is 5.32 Å². The van der Waals surface area contributed by atoms with Gasteiger partial charge in [0.2, 0.25) is 0 Å². The SMILES string of the molecule is CC(CCNCCC1CCCO1)S(C)=O. The maximum Gasteiger partial charge on any atom is 0.0588 e. The Hall–Kier alpha value is 0.0700. The van der Waals surface area contributed by atoms with Gasteiger partial charge < -0.3 is 10.1 Å². The first-order valence-corrected chi connectivity index (χ1v) is 7.47. The first-order chi connectivity index (χ1) is 7.20. The van der Waals surface area contributed by atoms with Gasteiger partial charge in [0, 0.05) is 28.9 Å². The Kier molecular flexibility index (Phi) is 6.45. The standard InChI is InChI=1S/C11H23NO2S/c1-10(15(2)13)5-7-12-8-6-11-4-3-9-14-11/h10-12H,3-9H2,1-2H3. The van der Waals surface area contributed by atoms with Crippen LogP contribution in [0.1, 0.15) is 32.6 Å². The predicted molar refractivity (Wildman–Crippen MR) is 64.6 cm³/mol. The molecular weight excluding hydrogens is 210 g/mol. The molecule has 0 aromatic rings. The minimum absolute atomic E-state index is 0.306. The van der Waals surface area contributed by atoms with Crippen LogP contribution in [0.25, 0.3) is 0 Å². The van der Waals surface area contributed by atoms with Crippen LogP contribution < -0.4 is 5.32 Å². The van der Waals surface area contributed by atoms with E-state index in [4.69, 9.17) is 4.74 Å². The average molecular weight is 233 g/mol. The molecule has 0 amide bonds. The topological polar surface area (TPSA) is 38.3 Å². The lowest BCUT2D eigenvalue weighted by atomic mass is 10.2. The molecule has 0 bridgehead atoms. The molecule has 0 aromatic carbocycles. The van der Waals surface area contributed by atoms with E-state index in [2.05, 4.69) is 5.32 Å². The van der Waals surface area contributed by atoms with Gasteiger partial charge in [-0.2, -0.15) is 0 Å². The molecule has 3 nitrogen and oxygen atoms in total. The highest BCUT2D eigenvalue weighted by Gasteiger charge is 2.14. The summed E-state index contributed by atoms with van der Waals surface area (Å²) in [5, 5.41) is 3.69. The van der Waals surface area contributed by atoms with Crippen LogP contribution in [0.4, 0.5) is 0 Å². The van der Waals surface area contributed by atoms with Gasteiger partial charge in [-0.05, 0) is 38.8 Å². The molecule has 0 radical (unpaired) electrons. The van der Waals surface area contributed by atoms with Gasteiger partial charge in [0.25, 0.3) is 0 Å². The number of nitrogens with one attached hydrogen (secondary N) is 1. The molecule has 1 aliphatic rings. The summed E-state index contributed by atoms with van der Waals surface area (Å²) < 4.78 is 16.6. The second-order valence-electron chi connectivity index (χ2n) is 4.27. The van der Waals surface area contributed by atoms with Gasteiger partial charge in [-0.3, -0.25) is 4.21 Å². The van der Waals surface area contributed by atoms with E-state index in [1.165, 1.54) is 12.8 Å². The van der Waals surface area contributed by atoms with Gasteiger partial charge in [-0.1, -0.05) is 6.92 Å². The average Bonchev–Trinajstić information content (AvgIpc) is 2.69. The van der Waals surface area contributed by atoms with E-state index in [-0.39, 0.29) is 0 Å². The molecule has 1 rings (SSSR count). The minimum Gasteiger partial charge on any atom is -0.378 e. The van der Waals surface area contributed by atoms with Gasteiger partial charge in [-0.15, -0.1) is 0 Å². The highest BCUT2D eigenvalue weighted by molar-refractivity contribution is 7.84. The summed E-state index contributed by atoms with van der Waals surface area (Å²) >= 11 is 0. The fourth-order valence-corrected chi connectivity index (χ4v) is 2.18. The molecule has 1 aliphatic heterocycles. The van der Waals surface area contributed by atoms with Crippen molar-refractivity contribution in [2.75, 3.05) is 26.0 Å². The van der Waals surface area contributed by atoms with Crippen molar-refractivity contribution in [2.45, 2.75) is 44.0 Å². The summed E-state index contributed by atoms with van der Waals surface area (Å²) in [5.41, 5.74) is 0. The first-order valence-electron chi connectivity index (χ1n) is 5.84. The van der Waals surface area contributed by atoms with Crippen LogP contribution in [0.15, 0.2) is 0 Å². The van der Waals surface area contributed by atoms with Crippen LogP contribution >= 0.6 is 0 Å². The van der Waals surface area contributed by atoms with Gasteiger partial charge >= 0.3 is 0 Å². The Morgan fingerprint density at radius 2 is 2.33 bits per heavy atom. The second kappa shape index (κ2) is 7.36. The van der Waals surface area contributed by atoms with Crippen molar-refractivity contribution in [3.8, 4) is 0 Å². The van der Waals surface area contributed by atoms with E-state index in [0.29, 0.717) is 11.4 Å². The van der Waals surface area contributed by atoms with E-state index in [0.717, 1.165) is 32.5 Å². The number of rotatable bonds is 7. The number of hydrogen-bond donors (Lipinski definition) is 1. The Bertz CT molecular complexity index is 193. The zero-order chi connectivity index (χ0) is 11.1. The van der Waals surface area contributed by atoms with Crippen molar-refractivity contribution < 1.29 is 8.95 Å². The van der Waals surface area contributed by atoms with Gasteiger partial charge in [0.05, 0.1) is 6.10 Å². The molecular formula is C11H23NO2S. The molecule has 15 heavy (non-hydrogen) atoms. The highest BCUT2D eigenvalue weighted by Crippen LogP contribution is 2.14. The molecule has 1 heterocycles. The Morgan fingerprint density at radius 3 is 2.93 bits per heavy atom. The van der Waals surface area contributed by atoms with Crippen LogP contribution in [0.2, 0.25) is 0 Å². The summed E-state index contributed by atoms with van der Waals surface area (Å²) in [6, 6.07) is 0. The summed E-state index contributed by atoms with van der Waals surface area (Å²) in [6.07, 6.45) is 6.80. The van der Waals surface area contributed by atoms with E-state index < -0.39 is 10.8 Å². The van der Waals surface area contributed by atoms with E-state index in [9.17, 15) is 4.21 Å². The van der Waals surface area contributed by atoms with Crippen molar-refractivity contribution in [3.05, 3.63) is 0 Å². The Labute approximate surface area is 95.4 Å². The predicted octanol–water partition coefficient (Wildman–Crippen LogP) is 1.30. The molecule has 1 N–H and O–H groups in total. The Balaban J connectivity index is 1.90. The first kappa shape index (κ1) is 13.1. The van der Waals surface area contributed by atoms with Crippen molar-refractivity contribution in [3.63, 3.8) is 0 Å². The fourth-order valence-electron chi connectivity index (χ4n) is 1.73. The summed E-state index contributed by atoms with van der Waals surface area (Å²) in [7, 11) is -0.682. The molecule has 4 heteroatoms. The third-order valence-corrected chi connectivity index (χ3v) is 4.33. The maximum atomic E-state index is 11.1. The molecule has 0 aromatic heterocycles. The third-order valence-electron chi connectivity index (χ3n) is 2.96. The highest BCUT2D eigenvalue weighted by atomic mass is 32.2. The normalized spacial score (nSPS) is 25.3. The summed E-state index contributed by atoms with van der Waals surface area (Å²) in [5.74, 6) is 0. The second-order valence-corrected chi connectivity index (χ2v) is 6.07. The minimum atomic E-state index is -0.682. The fraction of sp³-hybridized carbons (Fsp3) is 1.00. The van der Waals surface area contributed by atoms with Crippen molar-refractivity contribution in [1.29, 1.82) is 0 Å². The molecule has 1 fully saturated rings. The number of ether oxygens (including phenoxy) is 1. The third kappa shape index (κ3) is 5.64. The van der Waals surface area contributed by atoms with Crippen LogP contribution in [-0.4, -0.2) is 41.5 Å². The lowest BCUT2D eigenvalue weighted by molar-refractivity contribution is 0.104. The number of hydrogen-bond acceptors (Lipinski definition) is 3. The quantitative estimate of drug-likeness (QED) is 0.674. The molecule has 3 atom stereocenters. The van der Waals surface area contributed by atoms with Crippen LogP contribution in [0.3, 0.4) is 0 Å². The zero-order valence-electron chi connectivity index (χ0n) is 9.83. The molecule has 1 saturated heterocycles. The molecule has 90 valence electrons. The Morgan fingerprint density at radius 1 is 1.53 bits per heavy atom. The van der Waals surface area contributed by atoms with Crippen LogP contribution in [0, 0.1) is 0 Å². The smallest absolute Gasteiger partial charge is 0.0588 e. The molecule has 0 spiro atoms. The largest absolute Gasteiger partial charge is 0.378 e. The van der Waals surface area contributed by atoms with E-state index >= 15 is 0 Å². The maximum absolute atomic E-state index is 11.1. The zero-order valence-corrected chi connectivity index (χ0v) is 10.6. The lowest BCUT2D eigenvalue weighted by Gasteiger charge is -2.11. The molecule has 0 saturated carbocycles. The summed E-state index contributed by atoms with van der Waals surface area (Å²) in [4.78, 5) is 0. The summed E-state index contributed by atoms with van der Waals surface area (Å²) in [6.45, 7) is 4.97. The van der Waals surface area contributed by atoms with Gasteiger partial charge in [-0.25, -0.2) is 0 Å². The lowest BCUT2D eigenvalue weighted by Crippen LogP contribution is -2.24. The van der Waals surface area contributed by atoms with Gasteiger partial charge in [0.15, 0.2) is 0 Å². The molecule has 0 aliphatic carbocycles.